The van der Waals surface area contributed by atoms with Gasteiger partial charge in [-0.05, 0) is 29.7 Å². The standard InChI is InChI=1S/C15H15NO2/c1-10-9-16-7-5-12(10)14(17)13-4-2-3-11-6-8-18-15(11)13/h2-5,7,9,14,17H,6,8H2,1H3. The van der Waals surface area contributed by atoms with Crippen molar-refractivity contribution in [1.82, 2.24) is 4.98 Å². The Bertz CT molecular complexity index is 580. The summed E-state index contributed by atoms with van der Waals surface area (Å²) in [6.07, 6.45) is 3.74. The number of fused-ring (bicyclic) bond motifs is 1. The Morgan fingerprint density at radius 2 is 2.17 bits per heavy atom. The predicted octanol–water partition coefficient (Wildman–Crippen LogP) is 2.41. The summed E-state index contributed by atoms with van der Waals surface area (Å²) < 4.78 is 5.64. The van der Waals surface area contributed by atoms with E-state index in [4.69, 9.17) is 4.74 Å². The van der Waals surface area contributed by atoms with Gasteiger partial charge in [0.05, 0.1) is 6.61 Å². The van der Waals surface area contributed by atoms with Crippen molar-refractivity contribution in [2.24, 2.45) is 0 Å². The Hall–Kier alpha value is -1.87. The Kier molecular flexibility index (Phi) is 2.76. The van der Waals surface area contributed by atoms with E-state index in [1.54, 1.807) is 12.4 Å². The molecule has 1 aromatic heterocycles. The number of aliphatic hydroxyl groups excluding tert-OH is 1. The highest BCUT2D eigenvalue weighted by atomic mass is 16.5. The first-order valence-corrected chi connectivity index (χ1v) is 6.10. The van der Waals surface area contributed by atoms with Gasteiger partial charge in [0.15, 0.2) is 0 Å². The summed E-state index contributed by atoms with van der Waals surface area (Å²) in [6.45, 7) is 2.66. The maximum absolute atomic E-state index is 10.5. The molecule has 3 rings (SSSR count). The van der Waals surface area contributed by atoms with Gasteiger partial charge in [-0.3, -0.25) is 4.98 Å². The maximum Gasteiger partial charge on any atom is 0.128 e. The number of rotatable bonds is 2. The zero-order valence-electron chi connectivity index (χ0n) is 10.3. The minimum Gasteiger partial charge on any atom is -0.493 e. The van der Waals surface area contributed by atoms with E-state index in [2.05, 4.69) is 11.1 Å². The Morgan fingerprint density at radius 3 is 3.00 bits per heavy atom. The third-order valence-corrected chi connectivity index (χ3v) is 3.40. The van der Waals surface area contributed by atoms with Gasteiger partial charge in [0.1, 0.15) is 11.9 Å². The molecular formula is C15H15NO2. The Morgan fingerprint density at radius 1 is 1.28 bits per heavy atom. The first kappa shape index (κ1) is 11.2. The lowest BCUT2D eigenvalue weighted by Gasteiger charge is -2.16. The van der Waals surface area contributed by atoms with Crippen molar-refractivity contribution in [1.29, 1.82) is 0 Å². The molecule has 18 heavy (non-hydrogen) atoms. The number of hydrogen-bond donors (Lipinski definition) is 1. The molecule has 1 atom stereocenters. The highest BCUT2D eigenvalue weighted by Gasteiger charge is 2.22. The van der Waals surface area contributed by atoms with Crippen LogP contribution in [0.1, 0.15) is 28.4 Å². The fraction of sp³-hybridized carbons (Fsp3) is 0.267. The summed E-state index contributed by atoms with van der Waals surface area (Å²) in [4.78, 5) is 4.05. The molecule has 0 amide bonds. The van der Waals surface area contributed by atoms with Crippen LogP contribution in [0.5, 0.6) is 5.75 Å². The maximum atomic E-state index is 10.5. The number of nitrogens with zero attached hydrogens (tertiary/aromatic N) is 1. The summed E-state index contributed by atoms with van der Waals surface area (Å²) in [6, 6.07) is 7.81. The van der Waals surface area contributed by atoms with Gasteiger partial charge >= 0.3 is 0 Å². The van der Waals surface area contributed by atoms with Crippen LogP contribution < -0.4 is 4.74 Å². The molecule has 2 heterocycles. The second-order valence-electron chi connectivity index (χ2n) is 4.57. The van der Waals surface area contributed by atoms with Crippen LogP contribution in [0.4, 0.5) is 0 Å². The van der Waals surface area contributed by atoms with E-state index in [0.717, 1.165) is 28.9 Å². The SMILES string of the molecule is Cc1cnccc1C(O)c1cccc2c1OCC2. The van der Waals surface area contributed by atoms with Gasteiger partial charge in [0.25, 0.3) is 0 Å². The van der Waals surface area contributed by atoms with Crippen molar-refractivity contribution in [2.45, 2.75) is 19.4 Å². The average Bonchev–Trinajstić information content (AvgIpc) is 2.86. The molecule has 1 aliphatic rings. The molecule has 2 aromatic rings. The molecule has 3 nitrogen and oxygen atoms in total. The lowest BCUT2D eigenvalue weighted by molar-refractivity contribution is 0.213. The van der Waals surface area contributed by atoms with Crippen LogP contribution in [0.25, 0.3) is 0 Å². The fourth-order valence-electron chi connectivity index (χ4n) is 2.41. The molecule has 92 valence electrons. The monoisotopic (exact) mass is 241 g/mol. The second-order valence-corrected chi connectivity index (χ2v) is 4.57. The minimum atomic E-state index is -0.652. The number of hydrogen-bond acceptors (Lipinski definition) is 3. The summed E-state index contributed by atoms with van der Waals surface area (Å²) in [5.74, 6) is 0.848. The molecule has 0 bridgehead atoms. The molecule has 0 spiro atoms. The van der Waals surface area contributed by atoms with Gasteiger partial charge in [0.2, 0.25) is 0 Å². The van der Waals surface area contributed by atoms with Crippen molar-refractivity contribution in [2.75, 3.05) is 6.61 Å². The minimum absolute atomic E-state index is 0.652. The highest BCUT2D eigenvalue weighted by Crippen LogP contribution is 2.36. The zero-order chi connectivity index (χ0) is 12.5. The molecule has 1 aromatic carbocycles. The zero-order valence-corrected chi connectivity index (χ0v) is 10.3. The third kappa shape index (κ3) is 1.77. The largest absolute Gasteiger partial charge is 0.493 e. The van der Waals surface area contributed by atoms with Gasteiger partial charge in [-0.15, -0.1) is 0 Å². The predicted molar refractivity (Wildman–Crippen MR) is 68.7 cm³/mol. The third-order valence-electron chi connectivity index (χ3n) is 3.40. The number of pyridine rings is 1. The second kappa shape index (κ2) is 4.42. The van der Waals surface area contributed by atoms with E-state index in [1.165, 1.54) is 5.56 Å². The smallest absolute Gasteiger partial charge is 0.128 e. The van der Waals surface area contributed by atoms with E-state index < -0.39 is 6.10 Å². The van der Waals surface area contributed by atoms with Crippen LogP contribution in [0, 0.1) is 6.92 Å². The van der Waals surface area contributed by atoms with Crippen LogP contribution >= 0.6 is 0 Å². The molecule has 0 saturated heterocycles. The lowest BCUT2D eigenvalue weighted by Crippen LogP contribution is -2.04. The van der Waals surface area contributed by atoms with Gasteiger partial charge in [-0.25, -0.2) is 0 Å². The van der Waals surface area contributed by atoms with E-state index in [1.807, 2.05) is 25.1 Å². The van der Waals surface area contributed by atoms with Crippen molar-refractivity contribution in [3.8, 4) is 5.75 Å². The van der Waals surface area contributed by atoms with Crippen molar-refractivity contribution >= 4 is 0 Å². The fourth-order valence-corrected chi connectivity index (χ4v) is 2.41. The number of benzene rings is 1. The summed E-state index contributed by atoms with van der Waals surface area (Å²) in [5, 5.41) is 10.5. The van der Waals surface area contributed by atoms with Gasteiger partial charge in [-0.1, -0.05) is 18.2 Å². The van der Waals surface area contributed by atoms with E-state index >= 15 is 0 Å². The molecule has 1 aliphatic heterocycles. The lowest BCUT2D eigenvalue weighted by atomic mass is 9.96. The summed E-state index contributed by atoms with van der Waals surface area (Å²) in [5.41, 5.74) is 3.90. The number of ether oxygens (including phenoxy) is 1. The first-order chi connectivity index (χ1) is 8.77. The van der Waals surface area contributed by atoms with Gasteiger partial charge in [-0.2, -0.15) is 0 Å². The van der Waals surface area contributed by atoms with E-state index in [9.17, 15) is 5.11 Å². The van der Waals surface area contributed by atoms with E-state index in [-0.39, 0.29) is 0 Å². The molecule has 3 heteroatoms. The molecule has 0 radical (unpaired) electrons. The van der Waals surface area contributed by atoms with Gasteiger partial charge in [0, 0.05) is 24.4 Å². The molecule has 1 N–H and O–H groups in total. The quantitative estimate of drug-likeness (QED) is 0.878. The average molecular weight is 241 g/mol. The number of aromatic nitrogens is 1. The summed E-state index contributed by atoms with van der Waals surface area (Å²) in [7, 11) is 0. The van der Waals surface area contributed by atoms with Gasteiger partial charge < -0.3 is 9.84 Å². The topological polar surface area (TPSA) is 42.4 Å². The molecule has 0 aliphatic carbocycles. The van der Waals surface area contributed by atoms with Crippen molar-refractivity contribution in [3.63, 3.8) is 0 Å². The van der Waals surface area contributed by atoms with Crippen LogP contribution in [0.2, 0.25) is 0 Å². The molecule has 1 unspecified atom stereocenters. The Balaban J connectivity index is 2.06. The first-order valence-electron chi connectivity index (χ1n) is 6.10. The highest BCUT2D eigenvalue weighted by molar-refractivity contribution is 5.48. The van der Waals surface area contributed by atoms with Crippen LogP contribution in [0.3, 0.4) is 0 Å². The van der Waals surface area contributed by atoms with Crippen LogP contribution in [-0.4, -0.2) is 16.7 Å². The molecule has 0 fully saturated rings. The summed E-state index contributed by atoms with van der Waals surface area (Å²) >= 11 is 0. The normalized spacial score (nSPS) is 15.0. The van der Waals surface area contributed by atoms with Crippen molar-refractivity contribution < 1.29 is 9.84 Å². The molecular weight excluding hydrogens is 226 g/mol. The molecule has 0 saturated carbocycles. The van der Waals surface area contributed by atoms with Crippen molar-refractivity contribution in [3.05, 3.63) is 58.9 Å². The Labute approximate surface area is 106 Å². The van der Waals surface area contributed by atoms with E-state index in [0.29, 0.717) is 6.61 Å². The van der Waals surface area contributed by atoms with Crippen LogP contribution in [-0.2, 0) is 6.42 Å². The number of aryl methyl sites for hydroxylation is 1. The van der Waals surface area contributed by atoms with Crippen LogP contribution in [0.15, 0.2) is 36.7 Å². The number of aliphatic hydroxyl groups is 1. The number of para-hydroxylation sites is 1.